The molecule has 108 valence electrons. The van der Waals surface area contributed by atoms with Crippen LogP contribution >= 0.6 is 0 Å². The van der Waals surface area contributed by atoms with E-state index in [1.165, 1.54) is 25.3 Å². The lowest BCUT2D eigenvalue weighted by Crippen LogP contribution is -2.29. The molecule has 21 heavy (non-hydrogen) atoms. The van der Waals surface area contributed by atoms with Gasteiger partial charge >= 0.3 is 0 Å². The standard InChI is InChI=1S/C16H15NO4/c1-21-15-8-7-12(9-13(15)18)16(20)17-10-14(19)11-5-3-2-4-6-11/h2-9,18H,10H2,1H3,(H,17,20). The summed E-state index contributed by atoms with van der Waals surface area (Å²) in [4.78, 5) is 23.8. The van der Waals surface area contributed by atoms with E-state index in [0.717, 1.165) is 0 Å². The van der Waals surface area contributed by atoms with Crippen molar-refractivity contribution in [1.82, 2.24) is 5.32 Å². The molecule has 5 nitrogen and oxygen atoms in total. The van der Waals surface area contributed by atoms with Crippen molar-refractivity contribution in [2.75, 3.05) is 13.7 Å². The first-order chi connectivity index (χ1) is 10.1. The molecular weight excluding hydrogens is 270 g/mol. The topological polar surface area (TPSA) is 75.6 Å². The van der Waals surface area contributed by atoms with Crippen molar-refractivity contribution in [3.63, 3.8) is 0 Å². The number of phenolic OH excluding ortho intramolecular Hbond substituents is 1. The zero-order chi connectivity index (χ0) is 15.2. The highest BCUT2D eigenvalue weighted by Gasteiger charge is 2.11. The number of Topliss-reactive ketones (excluding diaryl/α,β-unsaturated/α-hetero) is 1. The van der Waals surface area contributed by atoms with Crippen LogP contribution in [-0.2, 0) is 0 Å². The number of methoxy groups -OCH3 is 1. The normalized spacial score (nSPS) is 9.95. The van der Waals surface area contributed by atoms with Crippen molar-refractivity contribution in [3.8, 4) is 11.5 Å². The first kappa shape index (κ1) is 14.6. The fourth-order valence-corrected chi connectivity index (χ4v) is 1.82. The number of amides is 1. The van der Waals surface area contributed by atoms with Crippen molar-refractivity contribution in [2.24, 2.45) is 0 Å². The van der Waals surface area contributed by atoms with Crippen LogP contribution < -0.4 is 10.1 Å². The molecule has 0 spiro atoms. The van der Waals surface area contributed by atoms with Crippen LogP contribution in [0.25, 0.3) is 0 Å². The third-order valence-electron chi connectivity index (χ3n) is 2.95. The van der Waals surface area contributed by atoms with Crippen molar-refractivity contribution >= 4 is 11.7 Å². The highest BCUT2D eigenvalue weighted by Crippen LogP contribution is 2.26. The second-order valence-corrected chi connectivity index (χ2v) is 4.36. The van der Waals surface area contributed by atoms with Gasteiger partial charge in [-0.15, -0.1) is 0 Å². The van der Waals surface area contributed by atoms with E-state index in [4.69, 9.17) is 4.74 Å². The summed E-state index contributed by atoms with van der Waals surface area (Å²) in [6, 6.07) is 13.0. The quantitative estimate of drug-likeness (QED) is 0.824. The lowest BCUT2D eigenvalue weighted by atomic mass is 10.1. The van der Waals surface area contributed by atoms with Crippen LogP contribution in [-0.4, -0.2) is 30.5 Å². The Balaban J connectivity index is 1.99. The zero-order valence-corrected chi connectivity index (χ0v) is 11.5. The Morgan fingerprint density at radius 3 is 2.43 bits per heavy atom. The summed E-state index contributed by atoms with van der Waals surface area (Å²) in [7, 11) is 1.42. The van der Waals surface area contributed by atoms with E-state index in [1.807, 2.05) is 6.07 Å². The van der Waals surface area contributed by atoms with Gasteiger partial charge in [0.05, 0.1) is 13.7 Å². The molecule has 0 atom stereocenters. The molecule has 0 saturated heterocycles. The number of nitrogens with one attached hydrogen (secondary N) is 1. The van der Waals surface area contributed by atoms with E-state index in [2.05, 4.69) is 5.32 Å². The smallest absolute Gasteiger partial charge is 0.251 e. The average molecular weight is 285 g/mol. The Morgan fingerprint density at radius 2 is 1.81 bits per heavy atom. The minimum Gasteiger partial charge on any atom is -0.504 e. The molecule has 0 aliphatic rings. The first-order valence-electron chi connectivity index (χ1n) is 6.35. The molecule has 0 unspecified atom stereocenters. The van der Waals surface area contributed by atoms with E-state index < -0.39 is 5.91 Å². The Hall–Kier alpha value is -2.82. The summed E-state index contributed by atoms with van der Waals surface area (Å²) < 4.78 is 4.90. The number of aromatic hydroxyl groups is 1. The Bertz CT molecular complexity index is 653. The lowest BCUT2D eigenvalue weighted by Gasteiger charge is -2.07. The van der Waals surface area contributed by atoms with Crippen LogP contribution in [0.3, 0.4) is 0 Å². The molecule has 0 aliphatic carbocycles. The number of carbonyl (C=O) groups excluding carboxylic acids is 2. The number of ether oxygens (including phenoxy) is 1. The number of benzene rings is 2. The molecule has 1 amide bonds. The van der Waals surface area contributed by atoms with E-state index in [-0.39, 0.29) is 29.4 Å². The van der Waals surface area contributed by atoms with Gasteiger partial charge in [0.25, 0.3) is 5.91 Å². The fourth-order valence-electron chi connectivity index (χ4n) is 1.82. The summed E-state index contributed by atoms with van der Waals surface area (Å²) in [5.74, 6) is -0.453. The van der Waals surface area contributed by atoms with Gasteiger partial charge in [-0.1, -0.05) is 30.3 Å². The zero-order valence-electron chi connectivity index (χ0n) is 11.5. The van der Waals surface area contributed by atoms with Gasteiger partial charge < -0.3 is 15.2 Å². The van der Waals surface area contributed by atoms with Crippen LogP contribution in [0.1, 0.15) is 20.7 Å². The maximum atomic E-state index is 11.9. The summed E-state index contributed by atoms with van der Waals surface area (Å²) >= 11 is 0. The van der Waals surface area contributed by atoms with Crippen molar-refractivity contribution in [1.29, 1.82) is 0 Å². The molecule has 0 radical (unpaired) electrons. The molecule has 0 heterocycles. The van der Waals surface area contributed by atoms with Gasteiger partial charge in [0.15, 0.2) is 17.3 Å². The highest BCUT2D eigenvalue weighted by molar-refractivity contribution is 6.02. The predicted octanol–water partition coefficient (Wildman–Crippen LogP) is 2.01. The monoisotopic (exact) mass is 285 g/mol. The van der Waals surface area contributed by atoms with E-state index in [0.29, 0.717) is 5.56 Å². The average Bonchev–Trinajstić information content (AvgIpc) is 2.53. The number of hydrogen-bond donors (Lipinski definition) is 2. The van der Waals surface area contributed by atoms with Gasteiger partial charge in [0.1, 0.15) is 0 Å². The molecule has 2 rings (SSSR count). The fraction of sp³-hybridized carbons (Fsp3) is 0.125. The largest absolute Gasteiger partial charge is 0.504 e. The third kappa shape index (κ3) is 3.60. The second kappa shape index (κ2) is 6.56. The second-order valence-electron chi connectivity index (χ2n) is 4.36. The Labute approximate surface area is 122 Å². The first-order valence-corrected chi connectivity index (χ1v) is 6.35. The van der Waals surface area contributed by atoms with Crippen molar-refractivity contribution in [2.45, 2.75) is 0 Å². The SMILES string of the molecule is COc1ccc(C(=O)NCC(=O)c2ccccc2)cc1O. The molecule has 2 aromatic rings. The number of hydrogen-bond acceptors (Lipinski definition) is 4. The van der Waals surface area contributed by atoms with Gasteiger partial charge in [-0.25, -0.2) is 0 Å². The predicted molar refractivity (Wildman–Crippen MR) is 77.8 cm³/mol. The Morgan fingerprint density at radius 1 is 1.10 bits per heavy atom. The van der Waals surface area contributed by atoms with Crippen molar-refractivity contribution in [3.05, 3.63) is 59.7 Å². The van der Waals surface area contributed by atoms with Gasteiger partial charge in [0.2, 0.25) is 0 Å². The van der Waals surface area contributed by atoms with E-state index in [9.17, 15) is 14.7 Å². The summed E-state index contributed by atoms with van der Waals surface area (Å²) in [6.45, 7) is -0.102. The third-order valence-corrected chi connectivity index (χ3v) is 2.95. The minimum absolute atomic E-state index is 0.102. The molecule has 2 aromatic carbocycles. The van der Waals surface area contributed by atoms with Gasteiger partial charge in [-0.3, -0.25) is 9.59 Å². The van der Waals surface area contributed by atoms with Gasteiger partial charge in [-0.05, 0) is 18.2 Å². The molecule has 5 heteroatoms. The van der Waals surface area contributed by atoms with Crippen LogP contribution in [0.5, 0.6) is 11.5 Å². The summed E-state index contributed by atoms with van der Waals surface area (Å²) in [5.41, 5.74) is 0.796. The Kier molecular flexibility index (Phi) is 4.56. The number of carbonyl (C=O) groups is 2. The van der Waals surface area contributed by atoms with Crippen LogP contribution in [0.15, 0.2) is 48.5 Å². The van der Waals surface area contributed by atoms with Gasteiger partial charge in [0, 0.05) is 11.1 Å². The number of phenols is 1. The van der Waals surface area contributed by atoms with Crippen LogP contribution in [0, 0.1) is 0 Å². The highest BCUT2D eigenvalue weighted by atomic mass is 16.5. The van der Waals surface area contributed by atoms with Crippen LogP contribution in [0.4, 0.5) is 0 Å². The summed E-state index contributed by atoms with van der Waals surface area (Å²) in [6.07, 6.45) is 0. The number of ketones is 1. The molecule has 2 N–H and O–H groups in total. The molecule has 0 aromatic heterocycles. The molecular formula is C16H15NO4. The van der Waals surface area contributed by atoms with E-state index >= 15 is 0 Å². The molecule has 0 saturated carbocycles. The maximum absolute atomic E-state index is 11.9. The maximum Gasteiger partial charge on any atom is 0.251 e. The number of rotatable bonds is 5. The summed E-state index contributed by atoms with van der Waals surface area (Å²) in [5, 5.41) is 12.1. The van der Waals surface area contributed by atoms with E-state index in [1.54, 1.807) is 24.3 Å². The van der Waals surface area contributed by atoms with Gasteiger partial charge in [-0.2, -0.15) is 0 Å². The minimum atomic E-state index is -0.433. The molecule has 0 bridgehead atoms. The molecule has 0 aliphatic heterocycles. The van der Waals surface area contributed by atoms with Crippen molar-refractivity contribution < 1.29 is 19.4 Å². The van der Waals surface area contributed by atoms with Crippen LogP contribution in [0.2, 0.25) is 0 Å². The molecule has 0 fully saturated rings. The lowest BCUT2D eigenvalue weighted by molar-refractivity contribution is 0.0904.